The lowest BCUT2D eigenvalue weighted by Gasteiger charge is -2.34. The molecule has 2 heterocycles. The molecule has 202 valence electrons. The maximum absolute atomic E-state index is 12.6. The highest BCUT2D eigenvalue weighted by Crippen LogP contribution is 2.46. The van der Waals surface area contributed by atoms with Gasteiger partial charge in [0.25, 0.3) is 20.2 Å². The van der Waals surface area contributed by atoms with Gasteiger partial charge in [0, 0.05) is 11.6 Å². The summed E-state index contributed by atoms with van der Waals surface area (Å²) in [5.41, 5.74) is 7.96. The second-order valence-electron chi connectivity index (χ2n) is 9.41. The number of rotatable bonds is 5. The molecule has 4 aliphatic rings. The average Bonchev–Trinajstić information content (AvgIpc) is 3.24. The molecule has 5 N–H and O–H groups in total. The van der Waals surface area contributed by atoms with Crippen molar-refractivity contribution in [2.75, 3.05) is 5.32 Å². The first-order valence-electron chi connectivity index (χ1n) is 11.6. The number of nitrogens with zero attached hydrogens (tertiary/aromatic N) is 3. The van der Waals surface area contributed by atoms with Gasteiger partial charge in [0.2, 0.25) is 0 Å². The van der Waals surface area contributed by atoms with Crippen molar-refractivity contribution in [1.82, 2.24) is 25.9 Å². The number of allylic oxidation sites excluding steroid dienone is 8. The van der Waals surface area contributed by atoms with Crippen LogP contribution in [0.3, 0.4) is 0 Å². The van der Waals surface area contributed by atoms with E-state index in [1.165, 1.54) is 23.3 Å². The molecule has 0 aromatic carbocycles. The first kappa shape index (κ1) is 26.4. The Kier molecular flexibility index (Phi) is 6.43. The normalized spacial score (nSPS) is 24.9. The molecule has 1 aliphatic heterocycles. The molecular weight excluding hydrogens is 556 g/mol. The van der Waals surface area contributed by atoms with Crippen molar-refractivity contribution in [1.29, 1.82) is 0 Å². The molecule has 38 heavy (non-hydrogen) atoms. The zero-order valence-electron chi connectivity index (χ0n) is 20.5. The summed E-state index contributed by atoms with van der Waals surface area (Å²) in [4.78, 5) is 7.47. The minimum atomic E-state index is -4.84. The maximum Gasteiger partial charge on any atom is 0.291 e. The monoisotopic (exact) mass is 580 g/mol. The van der Waals surface area contributed by atoms with Crippen molar-refractivity contribution in [2.24, 2.45) is 17.8 Å². The summed E-state index contributed by atoms with van der Waals surface area (Å²) in [7, 11) is -9.63. The molecule has 0 radical (unpaired) electrons. The van der Waals surface area contributed by atoms with Gasteiger partial charge in [-0.05, 0) is 44.4 Å². The van der Waals surface area contributed by atoms with Gasteiger partial charge in [-0.3, -0.25) is 20.0 Å². The van der Waals surface area contributed by atoms with Crippen molar-refractivity contribution in [3.63, 3.8) is 0 Å². The average molecular weight is 581 g/mol. The summed E-state index contributed by atoms with van der Waals surface area (Å²) >= 11 is 6.33. The van der Waals surface area contributed by atoms with Crippen molar-refractivity contribution in [3.05, 3.63) is 85.6 Å². The van der Waals surface area contributed by atoms with Crippen LogP contribution in [0.5, 0.6) is 0 Å². The van der Waals surface area contributed by atoms with Gasteiger partial charge in [0.05, 0.1) is 38.5 Å². The van der Waals surface area contributed by atoms with Crippen molar-refractivity contribution >= 4 is 37.7 Å². The lowest BCUT2D eigenvalue weighted by molar-refractivity contribution is 0.246. The van der Waals surface area contributed by atoms with Crippen LogP contribution < -0.4 is 16.2 Å². The molecule has 0 fully saturated rings. The zero-order chi connectivity index (χ0) is 27.6. The van der Waals surface area contributed by atoms with E-state index in [0.717, 1.165) is 12.1 Å². The van der Waals surface area contributed by atoms with E-state index in [0.29, 0.717) is 17.2 Å². The van der Waals surface area contributed by atoms with Gasteiger partial charge in [-0.25, -0.2) is 9.97 Å². The van der Waals surface area contributed by atoms with E-state index in [9.17, 15) is 25.9 Å². The predicted octanol–water partition coefficient (Wildman–Crippen LogP) is 2.86. The topological polar surface area (TPSA) is 174 Å². The number of aromatic nitrogens is 2. The minimum Gasteiger partial charge on any atom is -0.339 e. The first-order valence-corrected chi connectivity index (χ1v) is 14.8. The second-order valence-corrected chi connectivity index (χ2v) is 12.6. The van der Waals surface area contributed by atoms with Gasteiger partial charge in [0.15, 0.2) is 5.82 Å². The molecule has 0 saturated carbocycles. The van der Waals surface area contributed by atoms with Gasteiger partial charge in [-0.15, -0.1) is 0 Å². The highest BCUT2D eigenvalue weighted by atomic mass is 35.5. The molecular formula is C23H25ClN6O6S2. The first-order chi connectivity index (χ1) is 17.7. The highest BCUT2D eigenvalue weighted by Gasteiger charge is 2.47. The summed E-state index contributed by atoms with van der Waals surface area (Å²) in [5.74, 6) is -1.58. The summed E-state index contributed by atoms with van der Waals surface area (Å²) in [6.07, 6.45) is 10.6. The van der Waals surface area contributed by atoms with Crippen LogP contribution in [0.2, 0.25) is 5.02 Å². The van der Waals surface area contributed by atoms with Crippen LogP contribution in [0.15, 0.2) is 69.1 Å². The molecule has 3 unspecified atom stereocenters. The standard InChI is InChI=1S/C23H25ClN6O6S2/c1-11-5-4-6-15(7-11)30-28-17-10-18(37(31,32)33)16-8-14(27-23-21(24)12(2)25-13(3)26-23)9-19(38(34,35)36)20(16)22(17)29-30/h4,6-11,16,20,28-29H,5H2,1-3H3,(H,25,26,27)(H,31,32,33)(H,34,35,36). The summed E-state index contributed by atoms with van der Waals surface area (Å²) < 4.78 is 70.5. The molecule has 5 rings (SSSR count). The largest absolute Gasteiger partial charge is 0.339 e. The van der Waals surface area contributed by atoms with Gasteiger partial charge in [-0.1, -0.05) is 36.8 Å². The molecule has 0 spiro atoms. The molecule has 0 bridgehead atoms. The second kappa shape index (κ2) is 9.24. The van der Waals surface area contributed by atoms with Crippen LogP contribution in [0.25, 0.3) is 0 Å². The number of anilines is 1. The van der Waals surface area contributed by atoms with E-state index in [1.807, 2.05) is 25.2 Å². The fraction of sp³-hybridized carbons (Fsp3) is 0.304. The zero-order valence-corrected chi connectivity index (χ0v) is 22.9. The van der Waals surface area contributed by atoms with Crippen LogP contribution in [0.1, 0.15) is 24.9 Å². The number of hydrogen-bond donors (Lipinski definition) is 5. The lowest BCUT2D eigenvalue weighted by atomic mass is 9.80. The van der Waals surface area contributed by atoms with Gasteiger partial charge < -0.3 is 5.32 Å². The molecule has 0 saturated heterocycles. The van der Waals surface area contributed by atoms with E-state index in [-0.39, 0.29) is 28.2 Å². The fourth-order valence-corrected chi connectivity index (χ4v) is 6.68. The Morgan fingerprint density at radius 2 is 1.76 bits per heavy atom. The SMILES string of the molecule is Cc1nc(C)c(Cl)c(NC2=CC3C(S(=O)(=O)O)=CC4=C(NN(C5=CC(C)CC=C5)N4)C3C(S(=O)(=O)O)=C2)n1. The third-order valence-corrected chi connectivity index (χ3v) is 8.91. The highest BCUT2D eigenvalue weighted by molar-refractivity contribution is 7.90. The van der Waals surface area contributed by atoms with Crippen molar-refractivity contribution < 1.29 is 25.9 Å². The number of fused-ring (bicyclic) bond motifs is 2. The quantitative estimate of drug-likeness (QED) is 0.323. The Bertz CT molecular complexity index is 1640. The molecule has 3 atom stereocenters. The van der Waals surface area contributed by atoms with E-state index >= 15 is 0 Å². The maximum atomic E-state index is 12.6. The Hall–Kier alpha value is -3.17. The number of hydrogen-bond acceptors (Lipinski definition) is 10. The molecule has 1 aromatic rings. The molecule has 1 aromatic heterocycles. The molecule has 3 aliphatic carbocycles. The third-order valence-electron chi connectivity index (χ3n) is 6.50. The van der Waals surface area contributed by atoms with Crippen molar-refractivity contribution in [2.45, 2.75) is 27.2 Å². The summed E-state index contributed by atoms with van der Waals surface area (Å²) in [6, 6.07) is 0. The molecule has 12 nitrogen and oxygen atoms in total. The number of halogens is 1. The predicted molar refractivity (Wildman–Crippen MR) is 141 cm³/mol. The van der Waals surface area contributed by atoms with Crippen LogP contribution in [-0.4, -0.2) is 41.0 Å². The smallest absolute Gasteiger partial charge is 0.291 e. The lowest BCUT2D eigenvalue weighted by Crippen LogP contribution is -2.41. The van der Waals surface area contributed by atoms with Gasteiger partial charge in [0.1, 0.15) is 10.8 Å². The van der Waals surface area contributed by atoms with Crippen LogP contribution in [-0.2, 0) is 20.2 Å². The summed E-state index contributed by atoms with van der Waals surface area (Å²) in [5, 5.41) is 4.62. The van der Waals surface area contributed by atoms with Crippen LogP contribution in [0.4, 0.5) is 5.82 Å². The molecule has 15 heteroatoms. The van der Waals surface area contributed by atoms with Crippen molar-refractivity contribution in [3.8, 4) is 0 Å². The number of hydrazine groups is 2. The Morgan fingerprint density at radius 3 is 2.42 bits per heavy atom. The van der Waals surface area contributed by atoms with E-state index in [4.69, 9.17) is 11.6 Å². The minimum absolute atomic E-state index is 0.103. The number of nitrogens with one attached hydrogen (secondary N) is 3. The molecule has 0 amide bonds. The van der Waals surface area contributed by atoms with Crippen LogP contribution in [0, 0.1) is 31.6 Å². The van der Waals surface area contributed by atoms with Gasteiger partial charge in [-0.2, -0.15) is 22.0 Å². The third kappa shape index (κ3) is 4.85. The van der Waals surface area contributed by atoms with E-state index < -0.39 is 41.9 Å². The van der Waals surface area contributed by atoms with Gasteiger partial charge >= 0.3 is 0 Å². The Labute approximate surface area is 225 Å². The van der Waals surface area contributed by atoms with E-state index in [1.54, 1.807) is 13.8 Å². The van der Waals surface area contributed by atoms with Crippen LogP contribution >= 0.6 is 11.6 Å². The Morgan fingerprint density at radius 1 is 1.05 bits per heavy atom. The van der Waals surface area contributed by atoms with E-state index in [2.05, 4.69) is 26.1 Å². The Balaban J connectivity index is 1.61. The number of aryl methyl sites for hydroxylation is 2. The summed E-state index contributed by atoms with van der Waals surface area (Å²) in [6.45, 7) is 5.35. The fourth-order valence-electron chi connectivity index (χ4n) is 4.88.